The second-order valence-corrected chi connectivity index (χ2v) is 6.43. The van der Waals surface area contributed by atoms with Crippen molar-refractivity contribution in [3.05, 3.63) is 59.7 Å². The molecule has 1 atom stereocenters. The number of hydrogen-bond donors (Lipinski definition) is 1. The Balaban J connectivity index is 2.03. The van der Waals surface area contributed by atoms with Crippen LogP contribution in [-0.4, -0.2) is 49.3 Å². The average Bonchev–Trinajstić information content (AvgIpc) is 2.63. The quantitative estimate of drug-likeness (QED) is 0.696. The summed E-state index contributed by atoms with van der Waals surface area (Å²) in [6.45, 7) is 2.72. The molecule has 0 aliphatic rings. The van der Waals surface area contributed by atoms with Crippen LogP contribution in [0.15, 0.2) is 48.5 Å². The number of esters is 1. The van der Waals surface area contributed by atoms with Gasteiger partial charge in [-0.15, -0.1) is 0 Å². The Morgan fingerprint density at radius 1 is 1.15 bits per heavy atom. The standard InChI is InChI=1S/C21H27NO4/c1-4-12-25-20-14-18(23)10-11-19(20)21(24)26-15-17(22(2)3)13-16-8-6-5-7-9-16/h5-11,14,17,23H,4,12-13,15H2,1-3H3/t17-/m1/s1. The van der Waals surface area contributed by atoms with E-state index >= 15 is 0 Å². The van der Waals surface area contributed by atoms with E-state index in [2.05, 4.69) is 12.1 Å². The van der Waals surface area contributed by atoms with Gasteiger partial charge in [0.1, 0.15) is 23.7 Å². The molecule has 2 aromatic carbocycles. The molecule has 2 aromatic rings. The molecule has 0 heterocycles. The minimum absolute atomic E-state index is 0.0582. The van der Waals surface area contributed by atoms with E-state index in [0.717, 1.165) is 12.8 Å². The van der Waals surface area contributed by atoms with Crippen LogP contribution in [0.1, 0.15) is 29.3 Å². The summed E-state index contributed by atoms with van der Waals surface area (Å²) >= 11 is 0. The van der Waals surface area contributed by atoms with Crippen molar-refractivity contribution in [3.63, 3.8) is 0 Å². The summed E-state index contributed by atoms with van der Waals surface area (Å²) in [4.78, 5) is 14.6. The molecular weight excluding hydrogens is 330 g/mol. The maximum Gasteiger partial charge on any atom is 0.341 e. The van der Waals surface area contributed by atoms with Gasteiger partial charge >= 0.3 is 5.97 Å². The topological polar surface area (TPSA) is 59.0 Å². The molecule has 0 amide bonds. The van der Waals surface area contributed by atoms with E-state index in [9.17, 15) is 9.90 Å². The van der Waals surface area contributed by atoms with Crippen LogP contribution < -0.4 is 4.74 Å². The van der Waals surface area contributed by atoms with Crippen molar-refractivity contribution in [3.8, 4) is 11.5 Å². The molecule has 0 radical (unpaired) electrons. The number of benzene rings is 2. The first-order chi connectivity index (χ1) is 12.5. The van der Waals surface area contributed by atoms with E-state index in [1.807, 2.05) is 44.1 Å². The Bertz CT molecular complexity index is 700. The molecule has 0 saturated carbocycles. The van der Waals surface area contributed by atoms with Crippen LogP contribution in [0.3, 0.4) is 0 Å². The summed E-state index contributed by atoms with van der Waals surface area (Å²) in [5.41, 5.74) is 1.52. The van der Waals surface area contributed by atoms with Gasteiger partial charge in [-0.2, -0.15) is 0 Å². The van der Waals surface area contributed by atoms with E-state index in [-0.39, 0.29) is 18.4 Å². The highest BCUT2D eigenvalue weighted by Gasteiger charge is 2.19. The maximum absolute atomic E-state index is 12.5. The highest BCUT2D eigenvalue weighted by atomic mass is 16.5. The number of phenols is 1. The lowest BCUT2D eigenvalue weighted by Gasteiger charge is -2.24. The van der Waals surface area contributed by atoms with Gasteiger partial charge in [0.15, 0.2) is 0 Å². The minimum Gasteiger partial charge on any atom is -0.508 e. The summed E-state index contributed by atoms with van der Waals surface area (Å²) in [6, 6.07) is 14.6. The molecule has 26 heavy (non-hydrogen) atoms. The number of carbonyl (C=O) groups excluding carboxylic acids is 1. The first-order valence-corrected chi connectivity index (χ1v) is 8.84. The number of aromatic hydroxyl groups is 1. The van der Waals surface area contributed by atoms with Gasteiger partial charge in [-0.25, -0.2) is 4.79 Å². The third kappa shape index (κ3) is 5.77. The first kappa shape index (κ1) is 19.8. The number of phenolic OH excluding ortho intramolecular Hbond substituents is 1. The average molecular weight is 357 g/mol. The van der Waals surface area contributed by atoms with Crippen LogP contribution in [-0.2, 0) is 11.2 Å². The lowest BCUT2D eigenvalue weighted by molar-refractivity contribution is 0.0396. The van der Waals surface area contributed by atoms with E-state index in [0.29, 0.717) is 17.9 Å². The third-order valence-electron chi connectivity index (χ3n) is 4.10. The predicted octanol–water partition coefficient (Wildman–Crippen LogP) is 3.51. The summed E-state index contributed by atoms with van der Waals surface area (Å²) in [5, 5.41) is 9.63. The van der Waals surface area contributed by atoms with Gasteiger partial charge in [-0.05, 0) is 44.6 Å². The molecule has 0 unspecified atom stereocenters. The zero-order chi connectivity index (χ0) is 18.9. The van der Waals surface area contributed by atoms with Crippen LogP contribution in [0.2, 0.25) is 0 Å². The highest BCUT2D eigenvalue weighted by molar-refractivity contribution is 5.92. The SMILES string of the molecule is CCCOc1cc(O)ccc1C(=O)OC[C@@H](Cc1ccccc1)N(C)C. The lowest BCUT2D eigenvalue weighted by Crippen LogP contribution is -2.35. The molecule has 0 bridgehead atoms. The van der Waals surface area contributed by atoms with Gasteiger partial charge in [0.2, 0.25) is 0 Å². The summed E-state index contributed by atoms with van der Waals surface area (Å²) in [5.74, 6) is -0.0415. The maximum atomic E-state index is 12.5. The summed E-state index contributed by atoms with van der Waals surface area (Å²) in [6.07, 6.45) is 1.60. The lowest BCUT2D eigenvalue weighted by atomic mass is 10.1. The zero-order valence-corrected chi connectivity index (χ0v) is 15.6. The summed E-state index contributed by atoms with van der Waals surface area (Å²) in [7, 11) is 3.94. The van der Waals surface area contributed by atoms with Crippen molar-refractivity contribution in [1.29, 1.82) is 0 Å². The van der Waals surface area contributed by atoms with Gasteiger partial charge in [-0.3, -0.25) is 0 Å². The number of ether oxygens (including phenoxy) is 2. The number of nitrogens with zero attached hydrogens (tertiary/aromatic N) is 1. The van der Waals surface area contributed by atoms with Crippen molar-refractivity contribution < 1.29 is 19.4 Å². The molecule has 0 saturated heterocycles. The van der Waals surface area contributed by atoms with Crippen LogP contribution in [0, 0.1) is 0 Å². The van der Waals surface area contributed by atoms with Gasteiger partial charge in [0.25, 0.3) is 0 Å². The fourth-order valence-electron chi connectivity index (χ4n) is 2.54. The van der Waals surface area contributed by atoms with Crippen LogP contribution in [0.25, 0.3) is 0 Å². The van der Waals surface area contributed by atoms with E-state index in [1.54, 1.807) is 0 Å². The molecule has 0 aromatic heterocycles. The second kappa shape index (κ2) is 9.82. The third-order valence-corrected chi connectivity index (χ3v) is 4.10. The van der Waals surface area contributed by atoms with Crippen molar-refractivity contribution >= 4 is 5.97 Å². The largest absolute Gasteiger partial charge is 0.508 e. The van der Waals surface area contributed by atoms with Crippen molar-refractivity contribution in [2.45, 2.75) is 25.8 Å². The monoisotopic (exact) mass is 357 g/mol. The first-order valence-electron chi connectivity index (χ1n) is 8.84. The fourth-order valence-corrected chi connectivity index (χ4v) is 2.54. The number of rotatable bonds is 9. The van der Waals surface area contributed by atoms with Gasteiger partial charge in [-0.1, -0.05) is 37.3 Å². The molecule has 0 fully saturated rings. The Kier molecular flexibility index (Phi) is 7.48. The molecule has 0 spiro atoms. The van der Waals surface area contributed by atoms with Crippen LogP contribution >= 0.6 is 0 Å². The van der Waals surface area contributed by atoms with Crippen molar-refractivity contribution in [2.75, 3.05) is 27.3 Å². The number of hydrogen-bond acceptors (Lipinski definition) is 5. The Morgan fingerprint density at radius 2 is 1.88 bits per heavy atom. The predicted molar refractivity (Wildman–Crippen MR) is 102 cm³/mol. The van der Waals surface area contributed by atoms with Crippen molar-refractivity contribution in [1.82, 2.24) is 4.90 Å². The van der Waals surface area contributed by atoms with Crippen LogP contribution in [0.5, 0.6) is 11.5 Å². The number of carbonyl (C=O) groups is 1. The number of likely N-dealkylation sites (N-methyl/N-ethyl adjacent to an activating group) is 1. The molecule has 0 aliphatic carbocycles. The molecular formula is C21H27NO4. The molecule has 5 heteroatoms. The van der Waals surface area contributed by atoms with Gasteiger partial charge < -0.3 is 19.5 Å². The normalized spacial score (nSPS) is 12.0. The van der Waals surface area contributed by atoms with Gasteiger partial charge in [0, 0.05) is 12.1 Å². The zero-order valence-electron chi connectivity index (χ0n) is 15.6. The van der Waals surface area contributed by atoms with Gasteiger partial charge in [0.05, 0.1) is 6.61 Å². The Labute approximate surface area is 155 Å². The smallest absolute Gasteiger partial charge is 0.341 e. The van der Waals surface area contributed by atoms with E-state index in [4.69, 9.17) is 9.47 Å². The molecule has 1 N–H and O–H groups in total. The van der Waals surface area contributed by atoms with Crippen LogP contribution in [0.4, 0.5) is 0 Å². The van der Waals surface area contributed by atoms with E-state index < -0.39 is 5.97 Å². The Hall–Kier alpha value is -2.53. The Morgan fingerprint density at radius 3 is 2.54 bits per heavy atom. The fraction of sp³-hybridized carbons (Fsp3) is 0.381. The molecule has 5 nitrogen and oxygen atoms in total. The highest BCUT2D eigenvalue weighted by Crippen LogP contribution is 2.25. The second-order valence-electron chi connectivity index (χ2n) is 6.43. The summed E-state index contributed by atoms with van der Waals surface area (Å²) < 4.78 is 11.1. The van der Waals surface area contributed by atoms with E-state index in [1.165, 1.54) is 23.8 Å². The van der Waals surface area contributed by atoms with Crippen molar-refractivity contribution in [2.24, 2.45) is 0 Å². The molecule has 140 valence electrons. The minimum atomic E-state index is -0.448. The molecule has 0 aliphatic heterocycles. The molecule has 2 rings (SSSR count).